The third kappa shape index (κ3) is 5.44. The van der Waals surface area contributed by atoms with Gasteiger partial charge in [-0.25, -0.2) is 0 Å². The van der Waals surface area contributed by atoms with Gasteiger partial charge in [0.25, 0.3) is 0 Å². The van der Waals surface area contributed by atoms with Crippen LogP contribution in [0.2, 0.25) is 0 Å². The minimum absolute atomic E-state index is 0.213. The highest BCUT2D eigenvalue weighted by atomic mass is 16.5. The summed E-state index contributed by atoms with van der Waals surface area (Å²) in [5.74, 6) is 1.03. The Balaban J connectivity index is 0.000000171. The van der Waals surface area contributed by atoms with Crippen molar-refractivity contribution >= 4 is 5.69 Å². The van der Waals surface area contributed by atoms with Crippen LogP contribution in [0.4, 0.5) is 5.69 Å². The number of phenolic OH excluding ortho intramolecular Hbond substituents is 1. The van der Waals surface area contributed by atoms with E-state index in [1.54, 1.807) is 18.2 Å². The van der Waals surface area contributed by atoms with Gasteiger partial charge in [-0.3, -0.25) is 5.73 Å². The number of phenols is 1. The molecule has 5 N–H and O–H groups in total. The first-order chi connectivity index (χ1) is 8.22. The van der Waals surface area contributed by atoms with Gasteiger partial charge in [0.05, 0.1) is 0 Å². The molecule has 4 nitrogen and oxygen atoms in total. The number of ether oxygens (including phenoxy) is 1. The molecule has 17 heavy (non-hydrogen) atoms. The number of nitrogens with two attached hydrogens (primary N) is 2. The molecule has 0 saturated carbocycles. The minimum Gasteiger partial charge on any atom is -0.508 e. The van der Waals surface area contributed by atoms with Crippen molar-refractivity contribution < 1.29 is 9.84 Å². The van der Waals surface area contributed by atoms with Crippen LogP contribution in [-0.2, 0) is 0 Å². The SMILES string of the molecule is NCOc1ccccc1.Nc1cccc(O)c1. The van der Waals surface area contributed by atoms with E-state index in [1.807, 2.05) is 30.3 Å². The van der Waals surface area contributed by atoms with Crippen LogP contribution in [0, 0.1) is 0 Å². The fraction of sp³-hybridized carbons (Fsp3) is 0.0769. The number of rotatable bonds is 2. The Labute approximate surface area is 100 Å². The Hall–Kier alpha value is -2.20. The second-order valence-electron chi connectivity index (χ2n) is 3.22. The smallest absolute Gasteiger partial charge is 0.137 e. The highest BCUT2D eigenvalue weighted by Gasteiger charge is 1.84. The molecule has 0 saturated heterocycles. The molecular formula is C13H16N2O2. The largest absolute Gasteiger partial charge is 0.508 e. The number of hydrogen-bond donors (Lipinski definition) is 3. The van der Waals surface area contributed by atoms with E-state index in [-0.39, 0.29) is 12.5 Å². The molecule has 0 heterocycles. The van der Waals surface area contributed by atoms with E-state index < -0.39 is 0 Å². The standard InChI is InChI=1S/C7H9NO.C6H7NO/c8-6-9-7-4-2-1-3-5-7;7-5-2-1-3-6(8)4-5/h1-5H,6,8H2;1-4,8H,7H2. The zero-order valence-electron chi connectivity index (χ0n) is 9.41. The molecule has 2 aromatic rings. The van der Waals surface area contributed by atoms with E-state index in [1.165, 1.54) is 6.07 Å². The van der Waals surface area contributed by atoms with E-state index in [2.05, 4.69) is 0 Å². The number of benzene rings is 2. The number of hydrogen-bond acceptors (Lipinski definition) is 4. The van der Waals surface area contributed by atoms with Crippen molar-refractivity contribution in [2.75, 3.05) is 12.5 Å². The van der Waals surface area contributed by atoms with E-state index in [9.17, 15) is 0 Å². The van der Waals surface area contributed by atoms with Gasteiger partial charge in [0.1, 0.15) is 18.2 Å². The third-order valence-electron chi connectivity index (χ3n) is 1.86. The lowest BCUT2D eigenvalue weighted by Crippen LogP contribution is -2.06. The molecule has 0 aromatic heterocycles. The summed E-state index contributed by atoms with van der Waals surface area (Å²) in [5, 5.41) is 8.73. The predicted octanol–water partition coefficient (Wildman–Crippen LogP) is 1.96. The summed E-state index contributed by atoms with van der Waals surface area (Å²) >= 11 is 0. The van der Waals surface area contributed by atoms with Crippen LogP contribution in [0.25, 0.3) is 0 Å². The first-order valence-corrected chi connectivity index (χ1v) is 5.15. The van der Waals surface area contributed by atoms with Crippen LogP contribution >= 0.6 is 0 Å². The highest BCUT2D eigenvalue weighted by Crippen LogP contribution is 2.10. The first kappa shape index (κ1) is 12.9. The van der Waals surface area contributed by atoms with Crippen LogP contribution in [0.3, 0.4) is 0 Å². The van der Waals surface area contributed by atoms with E-state index in [0.717, 1.165) is 5.75 Å². The van der Waals surface area contributed by atoms with Gasteiger partial charge < -0.3 is 15.6 Å². The molecular weight excluding hydrogens is 216 g/mol. The van der Waals surface area contributed by atoms with Gasteiger partial charge in [-0.15, -0.1) is 0 Å². The molecule has 0 spiro atoms. The fourth-order valence-electron chi connectivity index (χ4n) is 1.14. The third-order valence-corrected chi connectivity index (χ3v) is 1.86. The number of anilines is 1. The van der Waals surface area contributed by atoms with Crippen molar-refractivity contribution in [3.63, 3.8) is 0 Å². The second-order valence-corrected chi connectivity index (χ2v) is 3.22. The maximum Gasteiger partial charge on any atom is 0.137 e. The van der Waals surface area contributed by atoms with Gasteiger partial charge in [0.2, 0.25) is 0 Å². The molecule has 2 aromatic carbocycles. The lowest BCUT2D eigenvalue weighted by Gasteiger charge is -1.98. The lowest BCUT2D eigenvalue weighted by atomic mass is 10.3. The van der Waals surface area contributed by atoms with Gasteiger partial charge in [-0.2, -0.15) is 0 Å². The topological polar surface area (TPSA) is 81.5 Å². The summed E-state index contributed by atoms with van der Waals surface area (Å²) in [5.41, 5.74) is 11.0. The summed E-state index contributed by atoms with van der Waals surface area (Å²) in [6, 6.07) is 16.0. The van der Waals surface area contributed by atoms with Crippen LogP contribution in [0.15, 0.2) is 54.6 Å². The molecule has 2 rings (SSSR count). The van der Waals surface area contributed by atoms with E-state index in [4.69, 9.17) is 21.3 Å². The summed E-state index contributed by atoms with van der Waals surface area (Å²) in [4.78, 5) is 0. The van der Waals surface area contributed by atoms with Crippen LogP contribution < -0.4 is 16.2 Å². The fourth-order valence-corrected chi connectivity index (χ4v) is 1.14. The Kier molecular flexibility index (Phi) is 5.40. The highest BCUT2D eigenvalue weighted by molar-refractivity contribution is 5.42. The van der Waals surface area contributed by atoms with Crippen molar-refractivity contribution in [1.29, 1.82) is 0 Å². The number of para-hydroxylation sites is 1. The lowest BCUT2D eigenvalue weighted by molar-refractivity contribution is 0.329. The van der Waals surface area contributed by atoms with Crippen molar-refractivity contribution in [1.82, 2.24) is 0 Å². The molecule has 0 atom stereocenters. The maximum absolute atomic E-state index is 8.73. The number of aromatic hydroxyl groups is 1. The molecule has 0 unspecified atom stereocenters. The van der Waals surface area contributed by atoms with Crippen molar-refractivity contribution in [3.05, 3.63) is 54.6 Å². The monoisotopic (exact) mass is 232 g/mol. The molecule has 0 aliphatic rings. The van der Waals surface area contributed by atoms with Crippen LogP contribution in [0.5, 0.6) is 11.5 Å². The predicted molar refractivity (Wildman–Crippen MR) is 68.6 cm³/mol. The van der Waals surface area contributed by atoms with Gasteiger partial charge in [0, 0.05) is 11.8 Å². The van der Waals surface area contributed by atoms with Crippen molar-refractivity contribution in [2.45, 2.75) is 0 Å². The summed E-state index contributed by atoms with van der Waals surface area (Å²) in [6.45, 7) is 0.240. The van der Waals surface area contributed by atoms with E-state index >= 15 is 0 Å². The molecule has 0 aliphatic carbocycles. The molecule has 0 fully saturated rings. The maximum atomic E-state index is 8.73. The van der Waals surface area contributed by atoms with Gasteiger partial charge in [-0.1, -0.05) is 24.3 Å². The molecule has 0 aliphatic heterocycles. The minimum atomic E-state index is 0.213. The van der Waals surface area contributed by atoms with Crippen molar-refractivity contribution in [2.24, 2.45) is 5.73 Å². The summed E-state index contributed by atoms with van der Waals surface area (Å²) in [7, 11) is 0. The number of nitrogen functional groups attached to an aromatic ring is 1. The first-order valence-electron chi connectivity index (χ1n) is 5.15. The van der Waals surface area contributed by atoms with Gasteiger partial charge >= 0.3 is 0 Å². The van der Waals surface area contributed by atoms with Crippen LogP contribution in [-0.4, -0.2) is 11.8 Å². The Morgan fingerprint density at radius 2 is 1.71 bits per heavy atom. The Bertz CT molecular complexity index is 415. The molecule has 0 radical (unpaired) electrons. The average molecular weight is 232 g/mol. The molecule has 0 bridgehead atoms. The van der Waals surface area contributed by atoms with Gasteiger partial charge in [-0.05, 0) is 24.3 Å². The van der Waals surface area contributed by atoms with Crippen LogP contribution in [0.1, 0.15) is 0 Å². The molecule has 0 amide bonds. The molecule has 4 heteroatoms. The average Bonchev–Trinajstić information content (AvgIpc) is 2.31. The normalized spacial score (nSPS) is 9.00. The molecule has 90 valence electrons. The second kappa shape index (κ2) is 7.14. The zero-order valence-corrected chi connectivity index (χ0v) is 9.41. The Morgan fingerprint density at radius 1 is 1.00 bits per heavy atom. The zero-order chi connectivity index (χ0) is 12.5. The van der Waals surface area contributed by atoms with E-state index in [0.29, 0.717) is 5.69 Å². The quantitative estimate of drug-likeness (QED) is 0.546. The van der Waals surface area contributed by atoms with Crippen molar-refractivity contribution in [3.8, 4) is 11.5 Å². The Morgan fingerprint density at radius 3 is 2.18 bits per heavy atom. The van der Waals surface area contributed by atoms with Gasteiger partial charge in [0.15, 0.2) is 0 Å². The summed E-state index contributed by atoms with van der Waals surface area (Å²) in [6.07, 6.45) is 0. The summed E-state index contributed by atoms with van der Waals surface area (Å²) < 4.78 is 4.98.